The molecule has 0 aromatic heterocycles. The molecule has 0 spiro atoms. The quantitative estimate of drug-likeness (QED) is 0.766. The Labute approximate surface area is 151 Å². The van der Waals surface area contributed by atoms with Crippen LogP contribution in [0.4, 0.5) is 0 Å². The van der Waals surface area contributed by atoms with Crippen LogP contribution >= 0.6 is 23.2 Å². The Kier molecular flexibility index (Phi) is 4.58. The zero-order valence-corrected chi connectivity index (χ0v) is 15.5. The van der Waals surface area contributed by atoms with E-state index >= 15 is 0 Å². The van der Waals surface area contributed by atoms with E-state index in [1.165, 1.54) is 0 Å². The van der Waals surface area contributed by atoms with E-state index in [0.29, 0.717) is 21.2 Å². The number of nitrogens with zero attached hydrogens (tertiary/aromatic N) is 1. The van der Waals surface area contributed by atoms with E-state index in [2.05, 4.69) is 4.90 Å². The third-order valence-corrected chi connectivity index (χ3v) is 5.69. The summed E-state index contributed by atoms with van der Waals surface area (Å²) < 4.78 is 0. The lowest BCUT2D eigenvalue weighted by molar-refractivity contribution is -0.114. The fourth-order valence-electron chi connectivity index (χ4n) is 3.91. The molecule has 1 aromatic rings. The van der Waals surface area contributed by atoms with E-state index < -0.39 is 5.92 Å². The second kappa shape index (κ2) is 6.38. The van der Waals surface area contributed by atoms with Crippen molar-refractivity contribution in [2.75, 3.05) is 6.54 Å². The van der Waals surface area contributed by atoms with Crippen molar-refractivity contribution in [3.05, 3.63) is 56.3 Å². The van der Waals surface area contributed by atoms with Crippen LogP contribution in [0.3, 0.4) is 0 Å². The number of fused-ring (bicyclic) bond motifs is 1. The van der Waals surface area contributed by atoms with Crippen molar-refractivity contribution in [1.29, 1.82) is 0 Å². The van der Waals surface area contributed by atoms with E-state index in [1.54, 1.807) is 26.0 Å². The zero-order valence-electron chi connectivity index (χ0n) is 14.0. The second-order valence-corrected chi connectivity index (χ2v) is 7.09. The van der Waals surface area contributed by atoms with Crippen molar-refractivity contribution >= 4 is 34.8 Å². The first kappa shape index (κ1) is 17.2. The molecule has 2 aliphatic heterocycles. The number of ketones is 2. The number of allylic oxidation sites excluding steroid dienone is 4. The molecule has 126 valence electrons. The fraction of sp³-hybridized carbons (Fsp3) is 0.368. The van der Waals surface area contributed by atoms with Gasteiger partial charge in [0.05, 0.1) is 10.0 Å². The largest absolute Gasteiger partial charge is 0.348 e. The summed E-state index contributed by atoms with van der Waals surface area (Å²) in [5.74, 6) is -0.516. The Morgan fingerprint density at radius 3 is 2.42 bits per heavy atom. The van der Waals surface area contributed by atoms with Gasteiger partial charge in [-0.3, -0.25) is 9.59 Å². The summed E-state index contributed by atoms with van der Waals surface area (Å²) in [5.41, 5.74) is 3.97. The van der Waals surface area contributed by atoms with Crippen molar-refractivity contribution in [1.82, 2.24) is 4.90 Å². The van der Waals surface area contributed by atoms with Crippen LogP contribution in [-0.2, 0) is 9.59 Å². The maximum absolute atomic E-state index is 12.5. The van der Waals surface area contributed by atoms with Gasteiger partial charge in [-0.05, 0) is 45.2 Å². The van der Waals surface area contributed by atoms with E-state index in [1.807, 2.05) is 13.0 Å². The molecule has 1 aromatic carbocycles. The van der Waals surface area contributed by atoms with Gasteiger partial charge in [-0.2, -0.15) is 0 Å². The third-order valence-electron chi connectivity index (χ3n) is 4.86. The molecular formula is C19H19Cl2NO2. The highest BCUT2D eigenvalue weighted by Gasteiger charge is 2.40. The van der Waals surface area contributed by atoms with Crippen molar-refractivity contribution in [3.63, 3.8) is 0 Å². The second-order valence-electron chi connectivity index (χ2n) is 6.30. The van der Waals surface area contributed by atoms with Crippen LogP contribution < -0.4 is 0 Å². The van der Waals surface area contributed by atoms with Crippen LogP contribution in [0, 0.1) is 0 Å². The summed E-state index contributed by atoms with van der Waals surface area (Å²) in [6.45, 7) is 5.89. The topological polar surface area (TPSA) is 37.4 Å². The molecule has 1 unspecified atom stereocenters. The van der Waals surface area contributed by atoms with Gasteiger partial charge in [-0.25, -0.2) is 0 Å². The molecule has 0 saturated carbocycles. The number of carbonyl (C=O) groups excluding carboxylic acids is 2. The Morgan fingerprint density at radius 2 is 1.79 bits per heavy atom. The standard InChI is InChI=1S/C19H19Cl2NO2/c1-10-16(11(2)23)18(13-6-4-7-14(20)19(13)21)17(12(3)24)15-8-5-9-22(10)15/h4,6-7,18H,5,8-9H2,1-3H3. The molecule has 0 N–H and O–H groups in total. The van der Waals surface area contributed by atoms with Crippen LogP contribution in [0.1, 0.15) is 45.1 Å². The first-order chi connectivity index (χ1) is 11.3. The van der Waals surface area contributed by atoms with Gasteiger partial charge in [0, 0.05) is 35.0 Å². The molecule has 0 aliphatic carbocycles. The maximum Gasteiger partial charge on any atom is 0.158 e. The van der Waals surface area contributed by atoms with Gasteiger partial charge in [0.1, 0.15) is 0 Å². The highest BCUT2D eigenvalue weighted by Crippen LogP contribution is 2.48. The van der Waals surface area contributed by atoms with Crippen LogP contribution in [0.2, 0.25) is 10.0 Å². The van der Waals surface area contributed by atoms with Crippen LogP contribution in [-0.4, -0.2) is 23.0 Å². The monoisotopic (exact) mass is 363 g/mol. The SMILES string of the molecule is CC(=O)C1=C(C)N2CCCC2=C(C(C)=O)C1c1cccc(Cl)c1Cl. The predicted molar refractivity (Wildman–Crippen MR) is 96.2 cm³/mol. The Balaban J connectivity index is 2.33. The van der Waals surface area contributed by atoms with Gasteiger partial charge in [-0.1, -0.05) is 35.3 Å². The minimum absolute atomic E-state index is 0.0239. The normalized spacial score (nSPS) is 20.5. The predicted octanol–water partition coefficient (Wildman–Crippen LogP) is 4.89. The van der Waals surface area contributed by atoms with Crippen molar-refractivity contribution in [2.24, 2.45) is 0 Å². The van der Waals surface area contributed by atoms with E-state index in [4.69, 9.17) is 23.2 Å². The van der Waals surface area contributed by atoms with Crippen molar-refractivity contribution < 1.29 is 9.59 Å². The smallest absolute Gasteiger partial charge is 0.158 e. The van der Waals surface area contributed by atoms with Gasteiger partial charge in [-0.15, -0.1) is 0 Å². The molecule has 0 bridgehead atoms. The summed E-state index contributed by atoms with van der Waals surface area (Å²) >= 11 is 12.6. The van der Waals surface area contributed by atoms with Gasteiger partial charge < -0.3 is 4.90 Å². The van der Waals surface area contributed by atoms with Crippen molar-refractivity contribution in [2.45, 2.75) is 39.5 Å². The Bertz CT molecular complexity index is 808. The molecule has 2 heterocycles. The number of carbonyl (C=O) groups is 2. The number of hydrogen-bond acceptors (Lipinski definition) is 3. The van der Waals surface area contributed by atoms with Crippen LogP contribution in [0.5, 0.6) is 0 Å². The van der Waals surface area contributed by atoms with E-state index in [0.717, 1.165) is 36.3 Å². The van der Waals surface area contributed by atoms with Gasteiger partial charge in [0.2, 0.25) is 0 Å². The summed E-state index contributed by atoms with van der Waals surface area (Å²) in [6, 6.07) is 5.37. The Hall–Kier alpha value is -1.58. The minimum atomic E-state index is -0.449. The molecule has 1 saturated heterocycles. The summed E-state index contributed by atoms with van der Waals surface area (Å²) in [4.78, 5) is 27.1. The molecule has 5 heteroatoms. The van der Waals surface area contributed by atoms with Gasteiger partial charge in [0.25, 0.3) is 0 Å². The lowest BCUT2D eigenvalue weighted by atomic mass is 9.77. The van der Waals surface area contributed by atoms with Gasteiger partial charge >= 0.3 is 0 Å². The molecule has 3 rings (SSSR count). The molecular weight excluding hydrogens is 345 g/mol. The average molecular weight is 364 g/mol. The molecule has 24 heavy (non-hydrogen) atoms. The number of hydrogen-bond donors (Lipinski definition) is 0. The maximum atomic E-state index is 12.5. The van der Waals surface area contributed by atoms with Crippen molar-refractivity contribution in [3.8, 4) is 0 Å². The first-order valence-corrected chi connectivity index (χ1v) is 8.77. The minimum Gasteiger partial charge on any atom is -0.348 e. The summed E-state index contributed by atoms with van der Waals surface area (Å²) in [7, 11) is 0. The lowest BCUT2D eigenvalue weighted by Gasteiger charge is -2.36. The molecule has 3 nitrogen and oxygen atoms in total. The number of rotatable bonds is 3. The lowest BCUT2D eigenvalue weighted by Crippen LogP contribution is -2.31. The molecule has 2 aliphatic rings. The first-order valence-electron chi connectivity index (χ1n) is 8.01. The molecule has 0 radical (unpaired) electrons. The highest BCUT2D eigenvalue weighted by atomic mass is 35.5. The number of Topliss-reactive ketones (excluding diaryl/α,β-unsaturated/α-hetero) is 2. The van der Waals surface area contributed by atoms with E-state index in [9.17, 15) is 9.59 Å². The Morgan fingerprint density at radius 1 is 1.12 bits per heavy atom. The van der Waals surface area contributed by atoms with Crippen LogP contribution in [0.25, 0.3) is 0 Å². The summed E-state index contributed by atoms with van der Waals surface area (Å²) in [5, 5.41) is 0.831. The average Bonchev–Trinajstić information content (AvgIpc) is 2.98. The highest BCUT2D eigenvalue weighted by molar-refractivity contribution is 6.42. The number of halogens is 2. The van der Waals surface area contributed by atoms with Crippen LogP contribution in [0.15, 0.2) is 40.7 Å². The number of benzene rings is 1. The molecule has 1 atom stereocenters. The third kappa shape index (κ3) is 2.60. The fourth-order valence-corrected chi connectivity index (χ4v) is 4.33. The zero-order chi connectivity index (χ0) is 17.6. The summed E-state index contributed by atoms with van der Waals surface area (Å²) in [6.07, 6.45) is 1.82. The van der Waals surface area contributed by atoms with E-state index in [-0.39, 0.29) is 11.6 Å². The molecule has 0 amide bonds. The van der Waals surface area contributed by atoms with Gasteiger partial charge in [0.15, 0.2) is 11.6 Å². The molecule has 1 fully saturated rings.